The van der Waals surface area contributed by atoms with Crippen molar-refractivity contribution in [3.8, 4) is 17.2 Å². The molecule has 146 valence electrons. The lowest BCUT2D eigenvalue weighted by atomic mass is 9.85. The summed E-state index contributed by atoms with van der Waals surface area (Å²) in [4.78, 5) is 13.7. The van der Waals surface area contributed by atoms with Gasteiger partial charge in [-0.1, -0.05) is 26.8 Å². The minimum absolute atomic E-state index is 0.0676. The number of ether oxygens (including phenoxy) is 3. The Bertz CT molecular complexity index is 791. The number of rotatable bonds is 7. The molecule has 5 nitrogen and oxygen atoms in total. The second-order valence-corrected chi connectivity index (χ2v) is 8.08. The standard InChI is InChI=1S/C21H27NO4S/c1-21(2,3)20(18-8-7-11-27-18)22-19(23)10-9-14-12-16(25-5)17(26-6)13-15(14)24-4/h7-13,20H,1-6H3,(H,22,23)/b10-9+. The quantitative estimate of drug-likeness (QED) is 0.698. The lowest BCUT2D eigenvalue weighted by Crippen LogP contribution is -2.35. The highest BCUT2D eigenvalue weighted by Gasteiger charge is 2.28. The Kier molecular flexibility index (Phi) is 6.91. The number of nitrogens with one attached hydrogen (secondary N) is 1. The topological polar surface area (TPSA) is 56.8 Å². The fourth-order valence-corrected chi connectivity index (χ4v) is 3.73. The third kappa shape index (κ3) is 5.26. The van der Waals surface area contributed by atoms with Crippen molar-refractivity contribution in [1.29, 1.82) is 0 Å². The van der Waals surface area contributed by atoms with Crippen molar-refractivity contribution in [2.24, 2.45) is 5.41 Å². The molecule has 0 spiro atoms. The van der Waals surface area contributed by atoms with Crippen LogP contribution >= 0.6 is 11.3 Å². The normalized spacial score (nSPS) is 12.7. The molecule has 0 bridgehead atoms. The highest BCUT2D eigenvalue weighted by Crippen LogP contribution is 2.36. The van der Waals surface area contributed by atoms with Gasteiger partial charge in [-0.3, -0.25) is 4.79 Å². The summed E-state index contributed by atoms with van der Waals surface area (Å²) in [6, 6.07) is 7.49. The predicted molar refractivity (Wildman–Crippen MR) is 110 cm³/mol. The van der Waals surface area contributed by atoms with E-state index in [1.54, 1.807) is 50.9 Å². The van der Waals surface area contributed by atoms with Crippen LogP contribution in [-0.4, -0.2) is 27.2 Å². The van der Waals surface area contributed by atoms with Crippen molar-refractivity contribution >= 4 is 23.3 Å². The van der Waals surface area contributed by atoms with E-state index in [-0.39, 0.29) is 17.4 Å². The molecule has 1 amide bonds. The summed E-state index contributed by atoms with van der Waals surface area (Å²) in [5, 5.41) is 5.12. The summed E-state index contributed by atoms with van der Waals surface area (Å²) in [6.45, 7) is 6.33. The van der Waals surface area contributed by atoms with Gasteiger partial charge in [0.1, 0.15) is 5.75 Å². The maximum absolute atomic E-state index is 12.6. The average Bonchev–Trinajstić information content (AvgIpc) is 3.16. The Hall–Kier alpha value is -2.47. The van der Waals surface area contributed by atoms with Gasteiger partial charge in [0.15, 0.2) is 11.5 Å². The van der Waals surface area contributed by atoms with Crippen LogP contribution in [0.25, 0.3) is 6.08 Å². The van der Waals surface area contributed by atoms with E-state index in [1.807, 2.05) is 17.5 Å². The van der Waals surface area contributed by atoms with Gasteiger partial charge in [-0.2, -0.15) is 0 Å². The molecule has 2 aromatic rings. The molecular weight excluding hydrogens is 362 g/mol. The van der Waals surface area contributed by atoms with Crippen molar-refractivity contribution < 1.29 is 19.0 Å². The van der Waals surface area contributed by atoms with Crippen LogP contribution in [0.5, 0.6) is 17.2 Å². The first-order chi connectivity index (χ1) is 12.8. The lowest BCUT2D eigenvalue weighted by Gasteiger charge is -2.30. The highest BCUT2D eigenvalue weighted by atomic mass is 32.1. The maximum Gasteiger partial charge on any atom is 0.244 e. The molecule has 1 unspecified atom stereocenters. The smallest absolute Gasteiger partial charge is 0.244 e. The molecule has 0 aliphatic rings. The molecule has 0 aliphatic carbocycles. The Balaban J connectivity index is 2.23. The van der Waals surface area contributed by atoms with Gasteiger partial charge in [-0.25, -0.2) is 0 Å². The van der Waals surface area contributed by atoms with E-state index in [9.17, 15) is 4.79 Å². The number of hydrogen-bond donors (Lipinski definition) is 1. The van der Waals surface area contributed by atoms with Gasteiger partial charge in [0.05, 0.1) is 27.4 Å². The Labute approximate surface area is 165 Å². The summed E-state index contributed by atoms with van der Waals surface area (Å²) >= 11 is 1.64. The molecule has 0 saturated carbocycles. The minimum atomic E-state index is -0.167. The van der Waals surface area contributed by atoms with E-state index in [0.717, 1.165) is 10.4 Å². The van der Waals surface area contributed by atoms with Crippen LogP contribution in [0.1, 0.15) is 37.3 Å². The molecule has 6 heteroatoms. The maximum atomic E-state index is 12.6. The van der Waals surface area contributed by atoms with E-state index in [4.69, 9.17) is 14.2 Å². The highest BCUT2D eigenvalue weighted by molar-refractivity contribution is 7.10. The number of thiophene rings is 1. The van der Waals surface area contributed by atoms with Gasteiger partial charge in [-0.05, 0) is 29.0 Å². The molecular formula is C21H27NO4S. The van der Waals surface area contributed by atoms with Crippen molar-refractivity contribution in [2.75, 3.05) is 21.3 Å². The van der Waals surface area contributed by atoms with Gasteiger partial charge in [0.25, 0.3) is 0 Å². The van der Waals surface area contributed by atoms with Gasteiger partial charge in [0.2, 0.25) is 5.91 Å². The van der Waals surface area contributed by atoms with Gasteiger partial charge >= 0.3 is 0 Å². The number of amides is 1. The van der Waals surface area contributed by atoms with Gasteiger partial charge in [-0.15, -0.1) is 11.3 Å². The van der Waals surface area contributed by atoms with E-state index >= 15 is 0 Å². The SMILES string of the molecule is COc1cc(OC)c(OC)cc1/C=C/C(=O)NC(c1cccs1)C(C)(C)C. The Morgan fingerprint density at radius 2 is 1.70 bits per heavy atom. The van der Waals surface area contributed by atoms with E-state index in [1.165, 1.54) is 6.08 Å². The van der Waals surface area contributed by atoms with Crippen LogP contribution in [0, 0.1) is 5.41 Å². The summed E-state index contributed by atoms with van der Waals surface area (Å²) in [5.41, 5.74) is 0.628. The first kappa shape index (κ1) is 20.8. The van der Waals surface area contributed by atoms with E-state index in [0.29, 0.717) is 17.2 Å². The summed E-state index contributed by atoms with van der Waals surface area (Å²) in [7, 11) is 4.71. The van der Waals surface area contributed by atoms with Gasteiger partial charge < -0.3 is 19.5 Å². The largest absolute Gasteiger partial charge is 0.496 e. The Morgan fingerprint density at radius 1 is 1.07 bits per heavy atom. The van der Waals surface area contributed by atoms with Crippen molar-refractivity contribution in [1.82, 2.24) is 5.32 Å². The van der Waals surface area contributed by atoms with Crippen LogP contribution in [0.15, 0.2) is 35.7 Å². The van der Waals surface area contributed by atoms with E-state index in [2.05, 4.69) is 26.1 Å². The summed E-state index contributed by atoms with van der Waals surface area (Å²) in [6.07, 6.45) is 3.22. The molecule has 0 fully saturated rings. The Morgan fingerprint density at radius 3 is 2.22 bits per heavy atom. The molecule has 0 saturated heterocycles. The monoisotopic (exact) mass is 389 g/mol. The van der Waals surface area contributed by atoms with Crippen molar-refractivity contribution in [3.05, 3.63) is 46.2 Å². The molecule has 2 rings (SSSR count). The third-order valence-electron chi connectivity index (χ3n) is 4.13. The van der Waals surface area contributed by atoms with E-state index < -0.39 is 0 Å². The van der Waals surface area contributed by atoms with Crippen molar-refractivity contribution in [3.63, 3.8) is 0 Å². The molecule has 1 N–H and O–H groups in total. The zero-order valence-electron chi connectivity index (χ0n) is 16.7. The number of methoxy groups -OCH3 is 3. The van der Waals surface area contributed by atoms with Gasteiger partial charge in [0, 0.05) is 22.6 Å². The minimum Gasteiger partial charge on any atom is -0.496 e. The molecule has 1 aromatic carbocycles. The second-order valence-electron chi connectivity index (χ2n) is 7.11. The summed E-state index contributed by atoms with van der Waals surface area (Å²) in [5.74, 6) is 1.58. The van der Waals surface area contributed by atoms with Crippen LogP contribution < -0.4 is 19.5 Å². The van der Waals surface area contributed by atoms with Crippen LogP contribution in [-0.2, 0) is 4.79 Å². The average molecular weight is 390 g/mol. The first-order valence-corrected chi connectivity index (χ1v) is 9.50. The van der Waals surface area contributed by atoms with Crippen LogP contribution in [0.3, 0.4) is 0 Å². The molecule has 0 radical (unpaired) electrons. The number of hydrogen-bond acceptors (Lipinski definition) is 5. The fourth-order valence-electron chi connectivity index (χ4n) is 2.71. The van der Waals surface area contributed by atoms with Crippen molar-refractivity contribution in [2.45, 2.75) is 26.8 Å². The zero-order valence-corrected chi connectivity index (χ0v) is 17.5. The summed E-state index contributed by atoms with van der Waals surface area (Å²) < 4.78 is 16.0. The van der Waals surface area contributed by atoms with Crippen LogP contribution in [0.4, 0.5) is 0 Å². The zero-order chi connectivity index (χ0) is 20.0. The predicted octanol–water partition coefficient (Wildman–Crippen LogP) is 4.69. The first-order valence-electron chi connectivity index (χ1n) is 8.62. The number of benzene rings is 1. The number of carbonyl (C=O) groups is 1. The molecule has 0 aliphatic heterocycles. The molecule has 27 heavy (non-hydrogen) atoms. The lowest BCUT2D eigenvalue weighted by molar-refractivity contribution is -0.117. The molecule has 1 atom stereocenters. The second kappa shape index (κ2) is 8.95. The van der Waals surface area contributed by atoms with Crippen LogP contribution in [0.2, 0.25) is 0 Å². The number of carbonyl (C=O) groups excluding carboxylic acids is 1. The fraction of sp³-hybridized carbons (Fsp3) is 0.381. The third-order valence-corrected chi connectivity index (χ3v) is 5.07. The molecule has 1 aromatic heterocycles. The molecule has 1 heterocycles.